The lowest BCUT2D eigenvalue weighted by molar-refractivity contribution is 0.0916. The molecule has 140 valence electrons. The fourth-order valence-corrected chi connectivity index (χ4v) is 2.44. The maximum atomic E-state index is 12.2. The molecule has 2 rings (SSSR count). The number of anilines is 1. The van der Waals surface area contributed by atoms with Gasteiger partial charge in [-0.2, -0.15) is 0 Å². The Hall–Kier alpha value is -2.53. The summed E-state index contributed by atoms with van der Waals surface area (Å²) in [5.74, 6) is 0.546. The van der Waals surface area contributed by atoms with Crippen LogP contribution in [0.5, 0.6) is 5.75 Å². The predicted molar refractivity (Wildman–Crippen MR) is 105 cm³/mol. The summed E-state index contributed by atoms with van der Waals surface area (Å²) in [6.45, 7) is 2.96. The number of unbranched alkanes of at least 4 members (excludes halogenated alkanes) is 1. The van der Waals surface area contributed by atoms with Crippen molar-refractivity contribution in [2.45, 2.75) is 25.9 Å². The molecule has 2 N–H and O–H groups in total. The second-order valence-corrected chi connectivity index (χ2v) is 6.44. The summed E-state index contributed by atoms with van der Waals surface area (Å²) in [6.07, 6.45) is 1.35. The van der Waals surface area contributed by atoms with Gasteiger partial charge in [0.15, 0.2) is 0 Å². The van der Waals surface area contributed by atoms with Crippen molar-refractivity contribution in [2.24, 2.45) is 0 Å². The van der Waals surface area contributed by atoms with Crippen molar-refractivity contribution in [3.8, 4) is 5.75 Å². The van der Waals surface area contributed by atoms with Crippen molar-refractivity contribution >= 4 is 11.6 Å². The molecule has 0 bridgehead atoms. The molecule has 1 unspecified atom stereocenters. The van der Waals surface area contributed by atoms with Crippen LogP contribution in [0.1, 0.15) is 41.8 Å². The molecule has 2 aromatic rings. The van der Waals surface area contributed by atoms with E-state index in [1.807, 2.05) is 43.3 Å². The standard InChI is InChI=1S/C21H28N2O3/c1-4-5-14-26-19-12-8-17(9-13-19)21(25)22-15-20(24)16-6-10-18(11-7-16)23(2)3/h6-13,20,24H,4-5,14-15H2,1-3H3,(H,22,25). The highest BCUT2D eigenvalue weighted by Gasteiger charge is 2.11. The van der Waals surface area contributed by atoms with Crippen molar-refractivity contribution < 1.29 is 14.6 Å². The third-order valence-corrected chi connectivity index (χ3v) is 4.13. The average Bonchev–Trinajstić information content (AvgIpc) is 2.66. The molecular formula is C21H28N2O3. The number of ether oxygens (including phenoxy) is 1. The largest absolute Gasteiger partial charge is 0.494 e. The first-order valence-corrected chi connectivity index (χ1v) is 8.97. The zero-order chi connectivity index (χ0) is 18.9. The Bertz CT molecular complexity index is 681. The summed E-state index contributed by atoms with van der Waals surface area (Å²) in [7, 11) is 3.93. The minimum atomic E-state index is -0.744. The summed E-state index contributed by atoms with van der Waals surface area (Å²) in [6, 6.07) is 14.7. The monoisotopic (exact) mass is 356 g/mol. The highest BCUT2D eigenvalue weighted by Crippen LogP contribution is 2.18. The molecule has 0 aliphatic carbocycles. The van der Waals surface area contributed by atoms with Gasteiger partial charge in [-0.25, -0.2) is 0 Å². The van der Waals surface area contributed by atoms with Gasteiger partial charge in [0.2, 0.25) is 0 Å². The maximum Gasteiger partial charge on any atom is 0.251 e. The van der Waals surface area contributed by atoms with Crippen LogP contribution in [0.3, 0.4) is 0 Å². The van der Waals surface area contributed by atoms with E-state index in [0.717, 1.165) is 29.8 Å². The molecule has 0 radical (unpaired) electrons. The topological polar surface area (TPSA) is 61.8 Å². The van der Waals surface area contributed by atoms with Crippen LogP contribution in [0, 0.1) is 0 Å². The smallest absolute Gasteiger partial charge is 0.251 e. The number of aliphatic hydroxyl groups excluding tert-OH is 1. The van der Waals surface area contributed by atoms with Gasteiger partial charge in [-0.15, -0.1) is 0 Å². The average molecular weight is 356 g/mol. The highest BCUT2D eigenvalue weighted by molar-refractivity contribution is 5.94. The van der Waals surface area contributed by atoms with Gasteiger partial charge in [-0.05, 0) is 48.4 Å². The van der Waals surface area contributed by atoms with Crippen molar-refractivity contribution in [3.63, 3.8) is 0 Å². The minimum absolute atomic E-state index is 0.162. The minimum Gasteiger partial charge on any atom is -0.494 e. The van der Waals surface area contributed by atoms with Gasteiger partial charge in [-0.1, -0.05) is 25.5 Å². The Morgan fingerprint density at radius 2 is 1.77 bits per heavy atom. The van der Waals surface area contributed by atoms with Crippen LogP contribution in [-0.2, 0) is 0 Å². The molecule has 0 saturated carbocycles. The molecule has 26 heavy (non-hydrogen) atoms. The Labute approximate surface area is 155 Å². The third-order valence-electron chi connectivity index (χ3n) is 4.13. The predicted octanol–water partition coefficient (Wildman–Crippen LogP) is 3.39. The van der Waals surface area contributed by atoms with Crippen molar-refractivity contribution in [1.29, 1.82) is 0 Å². The number of carbonyl (C=O) groups excluding carboxylic acids is 1. The van der Waals surface area contributed by atoms with Crippen LogP contribution in [0.4, 0.5) is 5.69 Å². The van der Waals surface area contributed by atoms with Crippen LogP contribution >= 0.6 is 0 Å². The first kappa shape index (κ1) is 19.8. The molecule has 0 aliphatic rings. The first-order chi connectivity index (χ1) is 12.5. The molecule has 1 amide bonds. The molecule has 1 atom stereocenters. The van der Waals surface area contributed by atoms with Gasteiger partial charge >= 0.3 is 0 Å². The molecule has 5 nitrogen and oxygen atoms in total. The van der Waals surface area contributed by atoms with Crippen LogP contribution in [0.25, 0.3) is 0 Å². The van der Waals surface area contributed by atoms with Gasteiger partial charge in [-0.3, -0.25) is 4.79 Å². The van der Waals surface area contributed by atoms with Crippen LogP contribution in [0.15, 0.2) is 48.5 Å². The van der Waals surface area contributed by atoms with E-state index in [0.29, 0.717) is 12.2 Å². The van der Waals surface area contributed by atoms with E-state index in [4.69, 9.17) is 4.74 Å². The summed E-state index contributed by atoms with van der Waals surface area (Å²) >= 11 is 0. The second kappa shape index (κ2) is 9.82. The summed E-state index contributed by atoms with van der Waals surface area (Å²) in [5.41, 5.74) is 2.38. The van der Waals surface area contributed by atoms with E-state index in [9.17, 15) is 9.90 Å². The molecule has 5 heteroatoms. The summed E-state index contributed by atoms with van der Waals surface area (Å²) in [5, 5.41) is 13.0. The lowest BCUT2D eigenvalue weighted by Gasteiger charge is -2.16. The van der Waals surface area contributed by atoms with E-state index < -0.39 is 6.10 Å². The third kappa shape index (κ3) is 5.77. The molecule has 0 aliphatic heterocycles. The number of carbonyl (C=O) groups is 1. The number of nitrogens with zero attached hydrogens (tertiary/aromatic N) is 1. The van der Waals surface area contributed by atoms with Crippen LogP contribution in [-0.4, -0.2) is 38.3 Å². The zero-order valence-corrected chi connectivity index (χ0v) is 15.7. The van der Waals surface area contributed by atoms with Crippen molar-refractivity contribution in [3.05, 3.63) is 59.7 Å². The molecule has 0 heterocycles. The normalized spacial score (nSPS) is 11.7. The summed E-state index contributed by atoms with van der Waals surface area (Å²) < 4.78 is 5.59. The van der Waals surface area contributed by atoms with Gasteiger partial charge in [0, 0.05) is 31.9 Å². The lowest BCUT2D eigenvalue weighted by atomic mass is 10.1. The number of hydrogen-bond donors (Lipinski definition) is 2. The molecule has 0 saturated heterocycles. The number of amides is 1. The fourth-order valence-electron chi connectivity index (χ4n) is 2.44. The Morgan fingerprint density at radius 3 is 2.35 bits per heavy atom. The van der Waals surface area contributed by atoms with E-state index in [1.54, 1.807) is 24.3 Å². The quantitative estimate of drug-likeness (QED) is 0.676. The fraction of sp³-hybridized carbons (Fsp3) is 0.381. The van der Waals surface area contributed by atoms with Crippen molar-refractivity contribution in [2.75, 3.05) is 32.1 Å². The van der Waals surface area contributed by atoms with Crippen LogP contribution in [0.2, 0.25) is 0 Å². The Morgan fingerprint density at radius 1 is 1.12 bits per heavy atom. The van der Waals surface area contributed by atoms with Gasteiger partial charge in [0.1, 0.15) is 5.75 Å². The SMILES string of the molecule is CCCCOc1ccc(C(=O)NCC(O)c2ccc(N(C)C)cc2)cc1. The lowest BCUT2D eigenvalue weighted by Crippen LogP contribution is -2.28. The van der Waals surface area contributed by atoms with Gasteiger partial charge in [0.25, 0.3) is 5.91 Å². The number of benzene rings is 2. The molecule has 0 spiro atoms. The Kier molecular flexibility index (Phi) is 7.48. The van der Waals surface area contributed by atoms with Crippen LogP contribution < -0.4 is 15.0 Å². The number of nitrogens with one attached hydrogen (secondary N) is 1. The number of rotatable bonds is 9. The van der Waals surface area contributed by atoms with E-state index in [-0.39, 0.29) is 12.5 Å². The van der Waals surface area contributed by atoms with Crippen molar-refractivity contribution in [1.82, 2.24) is 5.32 Å². The zero-order valence-electron chi connectivity index (χ0n) is 15.7. The molecule has 2 aromatic carbocycles. The van der Waals surface area contributed by atoms with E-state index in [1.165, 1.54) is 0 Å². The summed E-state index contributed by atoms with van der Waals surface area (Å²) in [4.78, 5) is 14.2. The first-order valence-electron chi connectivity index (χ1n) is 8.97. The second-order valence-electron chi connectivity index (χ2n) is 6.44. The van der Waals surface area contributed by atoms with E-state index >= 15 is 0 Å². The van der Waals surface area contributed by atoms with Gasteiger partial charge < -0.3 is 20.1 Å². The highest BCUT2D eigenvalue weighted by atomic mass is 16.5. The van der Waals surface area contributed by atoms with Gasteiger partial charge in [0.05, 0.1) is 12.7 Å². The van der Waals surface area contributed by atoms with E-state index in [2.05, 4.69) is 12.2 Å². The molecular weight excluding hydrogens is 328 g/mol. The number of aliphatic hydroxyl groups is 1. The molecule has 0 aromatic heterocycles. The number of hydrogen-bond acceptors (Lipinski definition) is 4. The molecule has 0 fully saturated rings. The maximum absolute atomic E-state index is 12.2. The Balaban J connectivity index is 1.85.